The van der Waals surface area contributed by atoms with Crippen molar-refractivity contribution in [2.24, 2.45) is 5.10 Å². The van der Waals surface area contributed by atoms with Crippen LogP contribution in [0.4, 0.5) is 0 Å². The molecule has 0 saturated heterocycles. The lowest BCUT2D eigenvalue weighted by molar-refractivity contribution is -0.130. The molecule has 0 aliphatic carbocycles. The molecule has 0 saturated carbocycles. The van der Waals surface area contributed by atoms with Crippen LogP contribution in [0.2, 0.25) is 4.34 Å². The molecule has 3 rings (SSSR count). The van der Waals surface area contributed by atoms with Crippen molar-refractivity contribution in [3.05, 3.63) is 45.6 Å². The summed E-state index contributed by atoms with van der Waals surface area (Å²) in [5.41, 5.74) is 2.43. The lowest BCUT2D eigenvalue weighted by atomic mass is 10.2. The second-order valence-corrected chi connectivity index (χ2v) is 5.99. The molecule has 2 heterocycles. The van der Waals surface area contributed by atoms with E-state index >= 15 is 0 Å². The maximum atomic E-state index is 12.0. The van der Waals surface area contributed by atoms with E-state index in [-0.39, 0.29) is 12.5 Å². The second kappa shape index (κ2) is 6.15. The van der Waals surface area contributed by atoms with Crippen LogP contribution in [0.1, 0.15) is 4.88 Å². The molecule has 0 spiro atoms. The minimum absolute atomic E-state index is 0.156. The highest BCUT2D eigenvalue weighted by Gasteiger charge is 2.26. The van der Waals surface area contributed by atoms with Gasteiger partial charge in [0, 0.05) is 4.88 Å². The van der Waals surface area contributed by atoms with Gasteiger partial charge in [-0.2, -0.15) is 5.10 Å². The predicted octanol–water partition coefficient (Wildman–Crippen LogP) is 2.69. The van der Waals surface area contributed by atoms with E-state index in [1.807, 2.05) is 18.2 Å². The number of ether oxygens (including phenoxy) is 2. The molecule has 1 atom stereocenters. The van der Waals surface area contributed by atoms with Crippen LogP contribution in [0.5, 0.6) is 11.5 Å². The van der Waals surface area contributed by atoms with E-state index < -0.39 is 6.10 Å². The Kier molecular flexibility index (Phi) is 4.08. The van der Waals surface area contributed by atoms with Gasteiger partial charge in [0.05, 0.1) is 10.6 Å². The molecule has 21 heavy (non-hydrogen) atoms. The highest BCUT2D eigenvalue weighted by atomic mass is 35.5. The van der Waals surface area contributed by atoms with Crippen LogP contribution >= 0.6 is 22.9 Å². The van der Waals surface area contributed by atoms with Crippen LogP contribution < -0.4 is 14.9 Å². The summed E-state index contributed by atoms with van der Waals surface area (Å²) in [7, 11) is 0. The van der Waals surface area contributed by atoms with Gasteiger partial charge in [-0.25, -0.2) is 5.43 Å². The highest BCUT2D eigenvalue weighted by molar-refractivity contribution is 7.17. The quantitative estimate of drug-likeness (QED) is 0.698. The molecule has 1 aromatic carbocycles. The fraction of sp³-hybridized carbons (Fsp3) is 0.143. The summed E-state index contributed by atoms with van der Waals surface area (Å²) in [6, 6.07) is 10.8. The Morgan fingerprint density at radius 2 is 2.14 bits per heavy atom. The molecule has 108 valence electrons. The fourth-order valence-electron chi connectivity index (χ4n) is 1.78. The van der Waals surface area contributed by atoms with E-state index in [1.54, 1.807) is 18.2 Å². The number of para-hydroxylation sites is 2. The zero-order valence-corrected chi connectivity index (χ0v) is 12.4. The zero-order valence-electron chi connectivity index (χ0n) is 10.8. The first-order valence-corrected chi connectivity index (χ1v) is 7.38. The van der Waals surface area contributed by atoms with Crippen LogP contribution in [0.25, 0.3) is 0 Å². The molecule has 1 aromatic heterocycles. The number of benzene rings is 1. The predicted molar refractivity (Wildman–Crippen MR) is 81.4 cm³/mol. The molecule has 0 radical (unpaired) electrons. The second-order valence-electron chi connectivity index (χ2n) is 4.24. The number of hydrogen-bond acceptors (Lipinski definition) is 5. The van der Waals surface area contributed by atoms with E-state index in [2.05, 4.69) is 10.5 Å². The van der Waals surface area contributed by atoms with E-state index in [9.17, 15) is 4.79 Å². The molecule has 1 aliphatic heterocycles. The van der Waals surface area contributed by atoms with Crippen molar-refractivity contribution in [2.75, 3.05) is 6.61 Å². The first-order chi connectivity index (χ1) is 10.2. The Hall–Kier alpha value is -2.05. The van der Waals surface area contributed by atoms with Crippen molar-refractivity contribution in [1.82, 2.24) is 5.43 Å². The number of thiophene rings is 1. The lowest BCUT2D eigenvalue weighted by Gasteiger charge is -2.24. The van der Waals surface area contributed by atoms with E-state index in [4.69, 9.17) is 21.1 Å². The number of nitrogens with one attached hydrogen (secondary N) is 1. The monoisotopic (exact) mass is 322 g/mol. The van der Waals surface area contributed by atoms with Gasteiger partial charge in [-0.15, -0.1) is 11.3 Å². The topological polar surface area (TPSA) is 59.9 Å². The average Bonchev–Trinajstić information content (AvgIpc) is 2.92. The van der Waals surface area contributed by atoms with Crippen LogP contribution in [0, 0.1) is 0 Å². The van der Waals surface area contributed by atoms with Gasteiger partial charge in [0.15, 0.2) is 11.5 Å². The Labute approximate surface area is 130 Å². The van der Waals surface area contributed by atoms with Gasteiger partial charge in [0.2, 0.25) is 6.10 Å². The first kappa shape index (κ1) is 13.9. The summed E-state index contributed by atoms with van der Waals surface area (Å²) in [4.78, 5) is 12.8. The van der Waals surface area contributed by atoms with Crippen LogP contribution in [-0.4, -0.2) is 24.8 Å². The Balaban J connectivity index is 1.58. The number of hydrazone groups is 1. The molecular formula is C14H11ClN2O3S. The number of fused-ring (bicyclic) bond motifs is 1. The van der Waals surface area contributed by atoms with Crippen molar-refractivity contribution in [1.29, 1.82) is 0 Å². The van der Waals surface area contributed by atoms with Crippen molar-refractivity contribution in [2.45, 2.75) is 6.10 Å². The smallest absolute Gasteiger partial charge is 0.284 e. The maximum Gasteiger partial charge on any atom is 0.284 e. The number of halogens is 1. The van der Waals surface area contributed by atoms with Crippen molar-refractivity contribution >= 4 is 35.1 Å². The van der Waals surface area contributed by atoms with E-state index in [0.29, 0.717) is 15.8 Å². The summed E-state index contributed by atoms with van der Waals surface area (Å²) >= 11 is 7.18. The largest absolute Gasteiger partial charge is 0.485 e. The number of amides is 1. The maximum absolute atomic E-state index is 12.0. The number of carbonyl (C=O) groups excluding carboxylic acids is 1. The van der Waals surface area contributed by atoms with Crippen molar-refractivity contribution in [3.8, 4) is 11.5 Å². The average molecular weight is 323 g/mol. The third-order valence-electron chi connectivity index (χ3n) is 2.76. The number of nitrogens with zero attached hydrogens (tertiary/aromatic N) is 1. The molecule has 1 aliphatic rings. The summed E-state index contributed by atoms with van der Waals surface area (Å²) in [6.07, 6.45) is 0.815. The lowest BCUT2D eigenvalue weighted by Crippen LogP contribution is -2.42. The number of carbonyl (C=O) groups is 1. The minimum Gasteiger partial charge on any atom is -0.485 e. The number of hydrogen-bond donors (Lipinski definition) is 1. The molecular weight excluding hydrogens is 312 g/mol. The molecule has 0 unspecified atom stereocenters. The minimum atomic E-state index is -0.719. The summed E-state index contributed by atoms with van der Waals surface area (Å²) in [5.74, 6) is 0.833. The van der Waals surface area contributed by atoms with Crippen molar-refractivity contribution < 1.29 is 14.3 Å². The molecule has 1 amide bonds. The Morgan fingerprint density at radius 1 is 1.33 bits per heavy atom. The van der Waals surface area contributed by atoms with Crippen LogP contribution in [-0.2, 0) is 4.79 Å². The van der Waals surface area contributed by atoms with E-state index in [0.717, 1.165) is 4.88 Å². The first-order valence-electron chi connectivity index (χ1n) is 6.19. The van der Waals surface area contributed by atoms with Gasteiger partial charge in [0.1, 0.15) is 6.61 Å². The number of rotatable bonds is 3. The highest BCUT2D eigenvalue weighted by Crippen LogP contribution is 2.30. The van der Waals surface area contributed by atoms with Gasteiger partial charge < -0.3 is 9.47 Å². The van der Waals surface area contributed by atoms with Crippen LogP contribution in [0.3, 0.4) is 0 Å². The standard InChI is InChI=1S/C14H11ClN2O3S/c15-13-6-5-9(21-13)7-16-17-14(18)12-8-19-10-3-1-2-4-11(10)20-12/h1-7,12H,8H2,(H,17,18)/b16-7-/t12-/m0/s1. The third-order valence-corrected chi connectivity index (χ3v) is 3.93. The van der Waals surface area contributed by atoms with Crippen molar-refractivity contribution in [3.63, 3.8) is 0 Å². The third kappa shape index (κ3) is 3.34. The summed E-state index contributed by atoms with van der Waals surface area (Å²) in [6.45, 7) is 0.156. The summed E-state index contributed by atoms with van der Waals surface area (Å²) < 4.78 is 11.7. The normalized spacial score (nSPS) is 16.9. The Morgan fingerprint density at radius 3 is 2.90 bits per heavy atom. The van der Waals surface area contributed by atoms with Gasteiger partial charge in [-0.1, -0.05) is 23.7 Å². The SMILES string of the molecule is O=C(N/N=C\c1ccc(Cl)s1)[C@@H]1COc2ccccc2O1. The molecule has 7 heteroatoms. The molecule has 0 bridgehead atoms. The molecule has 2 aromatic rings. The van der Waals surface area contributed by atoms with Gasteiger partial charge in [0.25, 0.3) is 5.91 Å². The molecule has 5 nitrogen and oxygen atoms in total. The Bertz CT molecular complexity index is 686. The fourth-order valence-corrected chi connectivity index (χ4v) is 2.71. The summed E-state index contributed by atoms with van der Waals surface area (Å²) in [5, 5.41) is 3.88. The van der Waals surface area contributed by atoms with Gasteiger partial charge in [-0.05, 0) is 24.3 Å². The van der Waals surface area contributed by atoms with Gasteiger partial charge >= 0.3 is 0 Å². The molecule has 0 fully saturated rings. The molecule has 1 N–H and O–H groups in total. The zero-order chi connectivity index (χ0) is 14.7. The van der Waals surface area contributed by atoms with Crippen LogP contribution in [0.15, 0.2) is 41.5 Å². The van der Waals surface area contributed by atoms with Gasteiger partial charge in [-0.3, -0.25) is 4.79 Å². The van der Waals surface area contributed by atoms with E-state index in [1.165, 1.54) is 17.6 Å².